The molecule has 5 N–H and O–H groups in total. The van der Waals surface area contributed by atoms with E-state index in [1.165, 1.54) is 11.3 Å². The standard InChI is InChI=1S/C19H17ClN8O6S3/c20-13-10(23-17(21)36-13)11(26-34)14(30)22-9-6-3-4-7(12(16(32)33)28(6)15(9)31)35-19-25-24-18(37-19)27-5-1-2-8(27)29/h6,9,34H,1-5H2,(H2,21,23)(H,22,30)(H,32,33)/b26-11+/t6-,9+/m1/s1. The highest BCUT2D eigenvalue weighted by Gasteiger charge is 2.54. The average Bonchev–Trinajstić information content (AvgIpc) is 3.57. The summed E-state index contributed by atoms with van der Waals surface area (Å²) in [7, 11) is 0. The molecule has 0 saturated carbocycles. The first-order chi connectivity index (χ1) is 17.7. The van der Waals surface area contributed by atoms with Crippen molar-refractivity contribution in [1.29, 1.82) is 0 Å². The fraction of sp³-hybridized carbons (Fsp3) is 0.368. The Morgan fingerprint density at radius 2 is 2.03 bits per heavy atom. The van der Waals surface area contributed by atoms with Crippen LogP contribution in [0.15, 0.2) is 20.1 Å². The van der Waals surface area contributed by atoms with Gasteiger partial charge in [-0.15, -0.1) is 10.2 Å². The van der Waals surface area contributed by atoms with Crippen molar-refractivity contribution in [3.05, 3.63) is 20.6 Å². The lowest BCUT2D eigenvalue weighted by atomic mass is 9.86. The molecule has 2 fully saturated rings. The molecule has 5 heterocycles. The van der Waals surface area contributed by atoms with Crippen molar-refractivity contribution < 1.29 is 29.5 Å². The zero-order chi connectivity index (χ0) is 26.4. The van der Waals surface area contributed by atoms with E-state index in [1.54, 1.807) is 4.90 Å². The molecule has 2 atom stereocenters. The summed E-state index contributed by atoms with van der Waals surface area (Å²) >= 11 is 9.14. The van der Waals surface area contributed by atoms with E-state index in [1.807, 2.05) is 0 Å². The van der Waals surface area contributed by atoms with Gasteiger partial charge in [-0.1, -0.05) is 51.2 Å². The Labute approximate surface area is 225 Å². The van der Waals surface area contributed by atoms with E-state index < -0.39 is 35.6 Å². The average molecular weight is 585 g/mol. The van der Waals surface area contributed by atoms with Gasteiger partial charge in [-0.3, -0.25) is 24.2 Å². The molecule has 2 aromatic rings. The van der Waals surface area contributed by atoms with E-state index in [2.05, 4.69) is 25.7 Å². The number of hydrogen-bond donors (Lipinski definition) is 4. The monoisotopic (exact) mass is 584 g/mol. The van der Waals surface area contributed by atoms with Gasteiger partial charge in [0.15, 0.2) is 15.2 Å². The minimum absolute atomic E-state index is 0.0337. The van der Waals surface area contributed by atoms with Gasteiger partial charge in [-0.2, -0.15) is 0 Å². The highest BCUT2D eigenvalue weighted by atomic mass is 35.5. The number of rotatable bonds is 7. The third-order valence-electron chi connectivity index (χ3n) is 5.93. The maximum Gasteiger partial charge on any atom is 0.353 e. The van der Waals surface area contributed by atoms with Crippen LogP contribution in [0.1, 0.15) is 31.4 Å². The lowest BCUT2D eigenvalue weighted by Gasteiger charge is -2.49. The van der Waals surface area contributed by atoms with Gasteiger partial charge in [0.1, 0.15) is 21.8 Å². The van der Waals surface area contributed by atoms with Crippen molar-refractivity contribution in [2.24, 2.45) is 5.16 Å². The van der Waals surface area contributed by atoms with Gasteiger partial charge in [0.25, 0.3) is 11.8 Å². The molecule has 0 aliphatic carbocycles. The highest BCUT2D eigenvalue weighted by molar-refractivity contribution is 8.04. The first kappa shape index (κ1) is 25.4. The fourth-order valence-electron chi connectivity index (χ4n) is 4.31. The number of carbonyl (C=O) groups excluding carboxylic acids is 3. The van der Waals surface area contributed by atoms with Gasteiger partial charge in [0.2, 0.25) is 11.0 Å². The number of allylic oxidation sites excluding steroid dienone is 1. The maximum absolute atomic E-state index is 12.9. The van der Waals surface area contributed by atoms with Gasteiger partial charge in [0.05, 0.1) is 6.04 Å². The largest absolute Gasteiger partial charge is 0.477 e. The number of halogens is 1. The molecule has 2 aromatic heterocycles. The summed E-state index contributed by atoms with van der Waals surface area (Å²) in [6, 6.07) is -1.65. The minimum atomic E-state index is -1.30. The second-order valence-electron chi connectivity index (χ2n) is 8.07. The number of oxime groups is 1. The van der Waals surface area contributed by atoms with Gasteiger partial charge in [0, 0.05) is 17.9 Å². The SMILES string of the molecule is Nc1nc(/C(=N\O)C(=O)N[C@@H]2C(=O)N3C(C(=O)O)=C(Sc4nnc(N5CCCC5=O)s4)CC[C@H]23)c(Cl)s1. The second kappa shape index (κ2) is 9.88. The number of nitrogens with zero attached hydrogens (tertiary/aromatic N) is 6. The number of β-lactam (4-membered cyclic amide) rings is 1. The Morgan fingerprint density at radius 3 is 2.65 bits per heavy atom. The Balaban J connectivity index is 1.32. The number of fused-ring (bicyclic) bond motifs is 1. The van der Waals surface area contributed by atoms with Crippen molar-refractivity contribution >= 4 is 85.7 Å². The van der Waals surface area contributed by atoms with Crippen LogP contribution < -0.4 is 16.0 Å². The normalized spacial score (nSPS) is 21.8. The van der Waals surface area contributed by atoms with Crippen LogP contribution in [0.5, 0.6) is 0 Å². The van der Waals surface area contributed by atoms with Gasteiger partial charge >= 0.3 is 5.97 Å². The molecule has 0 unspecified atom stereocenters. The van der Waals surface area contributed by atoms with Crippen LogP contribution in [0.4, 0.5) is 10.3 Å². The molecule has 14 nitrogen and oxygen atoms in total. The smallest absolute Gasteiger partial charge is 0.353 e. The zero-order valence-electron chi connectivity index (χ0n) is 18.6. The molecule has 18 heteroatoms. The highest BCUT2D eigenvalue weighted by Crippen LogP contribution is 2.44. The van der Waals surface area contributed by atoms with Gasteiger partial charge in [-0.05, 0) is 19.3 Å². The Morgan fingerprint density at radius 1 is 1.24 bits per heavy atom. The van der Waals surface area contributed by atoms with Crippen molar-refractivity contribution in [3.63, 3.8) is 0 Å². The first-order valence-electron chi connectivity index (χ1n) is 10.8. The molecule has 0 radical (unpaired) electrons. The lowest BCUT2D eigenvalue weighted by molar-refractivity contribution is -0.155. The molecule has 3 aliphatic rings. The Hall–Kier alpha value is -3.28. The number of aliphatic carboxylic acids is 1. The van der Waals surface area contributed by atoms with Crippen LogP contribution in [0.25, 0.3) is 0 Å². The van der Waals surface area contributed by atoms with Crippen molar-refractivity contribution in [3.8, 4) is 0 Å². The van der Waals surface area contributed by atoms with E-state index in [-0.39, 0.29) is 26.8 Å². The van der Waals surface area contributed by atoms with E-state index in [0.29, 0.717) is 40.2 Å². The number of carboxylic acid groups (broad SMARTS) is 1. The lowest BCUT2D eigenvalue weighted by Crippen LogP contribution is -2.72. The number of thiazole rings is 1. The summed E-state index contributed by atoms with van der Waals surface area (Å²) in [5.74, 6) is -2.87. The van der Waals surface area contributed by atoms with E-state index in [0.717, 1.165) is 34.4 Å². The molecule has 0 spiro atoms. The number of anilines is 2. The number of thioether (sulfide) groups is 1. The van der Waals surface area contributed by atoms with Crippen LogP contribution in [0.2, 0.25) is 4.34 Å². The van der Waals surface area contributed by atoms with Crippen molar-refractivity contribution in [1.82, 2.24) is 25.4 Å². The number of nitrogens with two attached hydrogens (primary N) is 1. The Bertz CT molecular complexity index is 1390. The summed E-state index contributed by atoms with van der Waals surface area (Å²) in [6.07, 6.45) is 1.85. The number of nitrogen functional groups attached to an aromatic ring is 1. The molecule has 0 bridgehead atoms. The molecule has 194 valence electrons. The van der Waals surface area contributed by atoms with Crippen LogP contribution in [-0.4, -0.2) is 78.4 Å². The van der Waals surface area contributed by atoms with Gasteiger partial charge < -0.3 is 21.4 Å². The maximum atomic E-state index is 12.9. The van der Waals surface area contributed by atoms with Gasteiger partial charge in [-0.25, -0.2) is 9.78 Å². The number of carboxylic acids is 1. The molecule has 3 amide bonds. The van der Waals surface area contributed by atoms with Crippen LogP contribution in [-0.2, 0) is 19.2 Å². The summed E-state index contributed by atoms with van der Waals surface area (Å²) in [5.41, 5.74) is 4.73. The van der Waals surface area contributed by atoms with Crippen LogP contribution in [0, 0.1) is 0 Å². The predicted molar refractivity (Wildman–Crippen MR) is 134 cm³/mol. The summed E-state index contributed by atoms with van der Waals surface area (Å²) in [6.45, 7) is 0.559. The third kappa shape index (κ3) is 4.51. The second-order valence-corrected chi connectivity index (χ2v) is 12.0. The quantitative estimate of drug-likeness (QED) is 0.119. The van der Waals surface area contributed by atoms with Crippen LogP contribution in [0.3, 0.4) is 0 Å². The van der Waals surface area contributed by atoms with Crippen molar-refractivity contribution in [2.75, 3.05) is 17.2 Å². The third-order valence-corrected chi connectivity index (χ3v) is 9.16. The molecule has 2 saturated heterocycles. The molecular weight excluding hydrogens is 568 g/mol. The van der Waals surface area contributed by atoms with E-state index in [9.17, 15) is 29.5 Å². The topological polar surface area (TPSA) is 204 Å². The number of amides is 3. The van der Waals surface area contributed by atoms with E-state index in [4.69, 9.17) is 17.3 Å². The number of hydrogen-bond acceptors (Lipinski definition) is 13. The van der Waals surface area contributed by atoms with Crippen LogP contribution >= 0.6 is 46.0 Å². The molecule has 3 aliphatic heterocycles. The first-order valence-corrected chi connectivity index (χ1v) is 13.6. The minimum Gasteiger partial charge on any atom is -0.477 e. The Kier molecular flexibility index (Phi) is 6.78. The number of carbonyl (C=O) groups is 4. The summed E-state index contributed by atoms with van der Waals surface area (Å²) in [5, 5.41) is 33.3. The fourth-order valence-corrected chi connectivity index (χ4v) is 7.35. The van der Waals surface area contributed by atoms with Crippen molar-refractivity contribution in [2.45, 2.75) is 42.1 Å². The summed E-state index contributed by atoms with van der Waals surface area (Å²) < 4.78 is 0.481. The van der Waals surface area contributed by atoms with E-state index >= 15 is 0 Å². The zero-order valence-corrected chi connectivity index (χ0v) is 21.8. The molecule has 37 heavy (non-hydrogen) atoms. The molecular formula is C19H17ClN8O6S3. The molecule has 0 aromatic carbocycles. The summed E-state index contributed by atoms with van der Waals surface area (Å²) in [4.78, 5) is 56.7. The number of nitrogens with one attached hydrogen (secondary N) is 1. The molecule has 5 rings (SSSR count). The predicted octanol–water partition coefficient (Wildman–Crippen LogP) is 1.11. The number of aromatic nitrogens is 3.